The average Bonchev–Trinajstić information content (AvgIpc) is 2.34. The molecule has 1 N–H and O–H groups in total. The van der Waals surface area contributed by atoms with E-state index < -0.39 is 6.03 Å². The van der Waals surface area contributed by atoms with Crippen LogP contribution >= 0.6 is 24.0 Å². The molecule has 0 unspecified atom stereocenters. The fraction of sp³-hybridized carbons (Fsp3) is 0.333. The van der Waals surface area contributed by atoms with Crippen LogP contribution in [0.3, 0.4) is 0 Å². The van der Waals surface area contributed by atoms with Crippen molar-refractivity contribution in [2.45, 2.75) is 6.54 Å². The number of carbonyl (C=O) groups excluding carboxylic acids is 1. The molecule has 0 aliphatic carbocycles. The highest BCUT2D eigenvalue weighted by atomic mass is 35.5. The maximum atomic E-state index is 11.4. The maximum Gasteiger partial charge on any atom is 0.340 e. The molecule has 0 saturated heterocycles. The number of nitroso groups, excluding NO2 is 1. The molecule has 1 heterocycles. The molecule has 0 aliphatic heterocycles. The van der Waals surface area contributed by atoms with E-state index in [-0.39, 0.29) is 31.4 Å². The van der Waals surface area contributed by atoms with Crippen molar-refractivity contribution in [2.75, 3.05) is 12.4 Å². The van der Waals surface area contributed by atoms with Crippen molar-refractivity contribution in [3.63, 3.8) is 0 Å². The number of amides is 2. The Labute approximate surface area is 110 Å². The fourth-order valence-electron chi connectivity index (χ4n) is 1.02. The molecule has 0 spiro atoms. The molecule has 0 aromatic carbocycles. The van der Waals surface area contributed by atoms with Crippen molar-refractivity contribution in [2.24, 2.45) is 5.29 Å². The van der Waals surface area contributed by atoms with Crippen LogP contribution in [0.2, 0.25) is 0 Å². The third kappa shape index (κ3) is 5.46. The van der Waals surface area contributed by atoms with E-state index in [0.29, 0.717) is 5.69 Å². The summed E-state index contributed by atoms with van der Waals surface area (Å²) in [5.41, 5.74) is 0.701. The second-order valence-electron chi connectivity index (χ2n) is 2.87. The third-order valence-corrected chi connectivity index (χ3v) is 1.95. The topological polar surface area (TPSA) is 74.7 Å². The number of hydrogen-bond donors (Lipinski definition) is 1. The molecule has 0 fully saturated rings. The summed E-state index contributed by atoms with van der Waals surface area (Å²) in [6.07, 6.45) is 1.62. The van der Waals surface area contributed by atoms with Crippen molar-refractivity contribution >= 4 is 30.0 Å². The summed E-state index contributed by atoms with van der Waals surface area (Å²) in [6, 6.07) is 4.77. The number of rotatable bonds is 5. The van der Waals surface area contributed by atoms with E-state index in [9.17, 15) is 9.70 Å². The van der Waals surface area contributed by atoms with Crippen molar-refractivity contribution in [3.8, 4) is 0 Å². The molecule has 0 atom stereocenters. The second-order valence-corrected chi connectivity index (χ2v) is 3.25. The van der Waals surface area contributed by atoms with Gasteiger partial charge in [-0.1, -0.05) is 6.07 Å². The molecule has 0 radical (unpaired) electrons. The number of nitrogens with one attached hydrogen (secondary N) is 1. The van der Waals surface area contributed by atoms with E-state index in [1.165, 1.54) is 0 Å². The molecule has 0 bridgehead atoms. The van der Waals surface area contributed by atoms with Crippen LogP contribution in [0, 0.1) is 4.91 Å². The van der Waals surface area contributed by atoms with Crippen molar-refractivity contribution in [3.05, 3.63) is 35.0 Å². The number of hydrogen-bond acceptors (Lipinski definition) is 4. The van der Waals surface area contributed by atoms with Gasteiger partial charge in [0.05, 0.1) is 24.1 Å². The van der Waals surface area contributed by atoms with E-state index in [1.807, 2.05) is 6.07 Å². The Morgan fingerprint density at radius 2 is 2.29 bits per heavy atom. The summed E-state index contributed by atoms with van der Waals surface area (Å²) < 4.78 is 0. The van der Waals surface area contributed by atoms with Crippen LogP contribution in [-0.2, 0) is 6.54 Å². The lowest BCUT2D eigenvalue weighted by Gasteiger charge is -2.12. The Bertz CT molecular complexity index is 350. The van der Waals surface area contributed by atoms with Gasteiger partial charge in [0.2, 0.25) is 0 Å². The van der Waals surface area contributed by atoms with Gasteiger partial charge in [-0.2, -0.15) is 5.01 Å². The van der Waals surface area contributed by atoms with Crippen molar-refractivity contribution in [1.29, 1.82) is 0 Å². The van der Waals surface area contributed by atoms with Gasteiger partial charge in [-0.05, 0) is 12.1 Å². The number of urea groups is 1. The van der Waals surface area contributed by atoms with Gasteiger partial charge in [0.1, 0.15) is 0 Å². The number of alkyl halides is 1. The Hall–Kier alpha value is -1.40. The number of aromatic nitrogens is 1. The Morgan fingerprint density at radius 3 is 2.82 bits per heavy atom. The molecule has 1 aromatic heterocycles. The highest BCUT2D eigenvalue weighted by molar-refractivity contribution is 6.18. The summed E-state index contributed by atoms with van der Waals surface area (Å²) in [5.74, 6) is 0.156. The summed E-state index contributed by atoms with van der Waals surface area (Å²) in [4.78, 5) is 25.7. The highest BCUT2D eigenvalue weighted by Crippen LogP contribution is 1.95. The quantitative estimate of drug-likeness (QED) is 0.508. The molecule has 1 rings (SSSR count). The predicted octanol–water partition coefficient (Wildman–Crippen LogP) is 1.94. The molecule has 6 nitrogen and oxygen atoms in total. The Kier molecular flexibility index (Phi) is 8.00. The molecule has 0 saturated carbocycles. The number of halogens is 2. The first-order chi connectivity index (χ1) is 7.77. The van der Waals surface area contributed by atoms with Crippen molar-refractivity contribution in [1.82, 2.24) is 15.3 Å². The molecule has 1 aromatic rings. The third-order valence-electron chi connectivity index (χ3n) is 1.78. The van der Waals surface area contributed by atoms with E-state index in [0.717, 1.165) is 5.01 Å². The number of pyridine rings is 1. The van der Waals surface area contributed by atoms with Gasteiger partial charge in [-0.15, -0.1) is 28.9 Å². The molecular weight excluding hydrogens is 267 g/mol. The zero-order valence-electron chi connectivity index (χ0n) is 8.88. The molecule has 0 aliphatic rings. The first-order valence-electron chi connectivity index (χ1n) is 4.62. The zero-order valence-corrected chi connectivity index (χ0v) is 10.4. The minimum Gasteiger partial charge on any atom is -0.331 e. The summed E-state index contributed by atoms with van der Waals surface area (Å²) in [6.45, 7) is 0.326. The summed E-state index contributed by atoms with van der Waals surface area (Å²) in [7, 11) is 0. The number of nitrogens with zero attached hydrogens (tertiary/aromatic N) is 3. The molecule has 94 valence electrons. The minimum atomic E-state index is -0.582. The Balaban J connectivity index is 0.00000256. The van der Waals surface area contributed by atoms with Gasteiger partial charge >= 0.3 is 6.03 Å². The van der Waals surface area contributed by atoms with Gasteiger partial charge < -0.3 is 5.32 Å². The summed E-state index contributed by atoms with van der Waals surface area (Å²) >= 11 is 5.40. The van der Waals surface area contributed by atoms with E-state index >= 15 is 0 Å². The van der Waals surface area contributed by atoms with Crippen LogP contribution < -0.4 is 5.32 Å². The minimum absolute atomic E-state index is 0. The molecular formula is C9H12Cl2N4O2. The standard InChI is InChI=1S/C9H11ClN4O2.ClH/c10-4-6-14(13-16)9(15)12-7-8-3-1-2-5-11-8;/h1-3,5H,4,6-7H2,(H,12,15);1H. The lowest BCUT2D eigenvalue weighted by atomic mass is 10.3. The van der Waals surface area contributed by atoms with Crippen LogP contribution in [0.25, 0.3) is 0 Å². The molecule has 2 amide bonds. The van der Waals surface area contributed by atoms with Gasteiger partial charge in [0.15, 0.2) is 0 Å². The Morgan fingerprint density at radius 1 is 1.53 bits per heavy atom. The van der Waals surface area contributed by atoms with Crippen LogP contribution in [0.1, 0.15) is 5.69 Å². The van der Waals surface area contributed by atoms with Crippen molar-refractivity contribution < 1.29 is 4.79 Å². The fourth-order valence-corrected chi connectivity index (χ4v) is 1.18. The highest BCUT2D eigenvalue weighted by Gasteiger charge is 2.12. The second kappa shape index (κ2) is 8.72. The van der Waals surface area contributed by atoms with Crippen LogP contribution in [-0.4, -0.2) is 28.4 Å². The molecule has 17 heavy (non-hydrogen) atoms. The largest absolute Gasteiger partial charge is 0.340 e. The SMILES string of the molecule is Cl.O=NN(CCCl)C(=O)NCc1ccccn1. The predicted molar refractivity (Wildman–Crippen MR) is 66.9 cm³/mol. The van der Waals surface area contributed by atoms with E-state index in [1.54, 1.807) is 18.3 Å². The normalized spacial score (nSPS) is 9.00. The first-order valence-corrected chi connectivity index (χ1v) is 5.16. The smallest absolute Gasteiger partial charge is 0.331 e. The van der Waals surface area contributed by atoms with Crippen LogP contribution in [0.5, 0.6) is 0 Å². The number of carbonyl (C=O) groups is 1. The monoisotopic (exact) mass is 278 g/mol. The zero-order chi connectivity index (χ0) is 11.8. The maximum absolute atomic E-state index is 11.4. The lowest BCUT2D eigenvalue weighted by molar-refractivity contribution is 0.201. The van der Waals surface area contributed by atoms with E-state index in [2.05, 4.69) is 15.6 Å². The summed E-state index contributed by atoms with van der Waals surface area (Å²) in [5, 5.41) is 5.80. The van der Waals surface area contributed by atoms with Gasteiger partial charge in [0, 0.05) is 12.1 Å². The van der Waals surface area contributed by atoms with Crippen LogP contribution in [0.15, 0.2) is 29.7 Å². The first kappa shape index (κ1) is 15.6. The lowest BCUT2D eigenvalue weighted by Crippen LogP contribution is -2.37. The van der Waals surface area contributed by atoms with Gasteiger partial charge in [-0.3, -0.25) is 4.98 Å². The molecule has 8 heteroatoms. The van der Waals surface area contributed by atoms with Gasteiger partial charge in [0.25, 0.3) is 0 Å². The van der Waals surface area contributed by atoms with Gasteiger partial charge in [-0.25, -0.2) is 4.79 Å². The van der Waals surface area contributed by atoms with Crippen LogP contribution in [0.4, 0.5) is 4.79 Å². The van der Waals surface area contributed by atoms with E-state index in [4.69, 9.17) is 11.6 Å². The average molecular weight is 279 g/mol.